The highest BCUT2D eigenvalue weighted by molar-refractivity contribution is 7.89. The number of fused-ring (bicyclic) bond motifs is 1. The fraction of sp³-hybridized carbons (Fsp3) is 0.333. The van der Waals surface area contributed by atoms with Gasteiger partial charge in [0.25, 0.3) is 0 Å². The Morgan fingerprint density at radius 3 is 2.60 bits per heavy atom. The summed E-state index contributed by atoms with van der Waals surface area (Å²) in [5.41, 5.74) is 0. The quantitative estimate of drug-likeness (QED) is 0.830. The molecule has 0 aromatic heterocycles. The summed E-state index contributed by atoms with van der Waals surface area (Å²) in [4.78, 5) is 0.318. The van der Waals surface area contributed by atoms with Crippen molar-refractivity contribution in [2.75, 3.05) is 6.54 Å². The first-order valence-corrected chi connectivity index (χ1v) is 8.58. The molecule has 0 fully saturated rings. The molecule has 0 heterocycles. The number of sulfonamides is 1. The third kappa shape index (κ3) is 3.51. The molecule has 0 radical (unpaired) electrons. The van der Waals surface area contributed by atoms with Crippen LogP contribution in [0, 0.1) is 0 Å². The fourth-order valence-corrected chi connectivity index (χ4v) is 3.45. The standard InChI is InChI=1S/C15H18ClNO2S/c1-2-13(16)10-11-17-20(18,19)15-9-5-7-12-6-3-4-8-14(12)15/h3-9,13,17H,2,10-11H2,1H3. The molecule has 108 valence electrons. The van der Waals surface area contributed by atoms with Crippen molar-refractivity contribution < 1.29 is 8.42 Å². The predicted octanol–water partition coefficient (Wildman–Crippen LogP) is 3.53. The number of halogens is 1. The highest BCUT2D eigenvalue weighted by Gasteiger charge is 2.16. The second-order valence-electron chi connectivity index (χ2n) is 4.67. The van der Waals surface area contributed by atoms with Crippen molar-refractivity contribution in [3.8, 4) is 0 Å². The minimum absolute atomic E-state index is 0.00483. The van der Waals surface area contributed by atoms with Crippen LogP contribution in [-0.4, -0.2) is 20.3 Å². The molecule has 2 aromatic carbocycles. The first kappa shape index (κ1) is 15.3. The minimum atomic E-state index is -3.50. The monoisotopic (exact) mass is 311 g/mol. The van der Waals surface area contributed by atoms with E-state index in [1.807, 2.05) is 37.3 Å². The smallest absolute Gasteiger partial charge is 0.211 e. The van der Waals surface area contributed by atoms with Gasteiger partial charge in [-0.3, -0.25) is 0 Å². The van der Waals surface area contributed by atoms with Crippen LogP contribution in [0.3, 0.4) is 0 Å². The average Bonchev–Trinajstić information content (AvgIpc) is 2.46. The van der Waals surface area contributed by atoms with Crippen LogP contribution in [-0.2, 0) is 10.0 Å². The van der Waals surface area contributed by atoms with Crippen LogP contribution in [0.15, 0.2) is 47.4 Å². The molecule has 0 spiro atoms. The highest BCUT2D eigenvalue weighted by Crippen LogP contribution is 2.22. The van der Waals surface area contributed by atoms with Crippen LogP contribution in [0.25, 0.3) is 10.8 Å². The van der Waals surface area contributed by atoms with Gasteiger partial charge in [0.05, 0.1) is 4.90 Å². The lowest BCUT2D eigenvalue weighted by Gasteiger charge is -2.11. The maximum absolute atomic E-state index is 12.4. The molecular weight excluding hydrogens is 294 g/mol. The Morgan fingerprint density at radius 2 is 1.85 bits per heavy atom. The number of alkyl halides is 1. The Hall–Kier alpha value is -1.10. The van der Waals surface area contributed by atoms with Gasteiger partial charge in [0.1, 0.15) is 0 Å². The van der Waals surface area contributed by atoms with Gasteiger partial charge < -0.3 is 0 Å². The van der Waals surface area contributed by atoms with Crippen molar-refractivity contribution in [3.05, 3.63) is 42.5 Å². The summed E-state index contributed by atoms with van der Waals surface area (Å²) in [6.45, 7) is 2.34. The number of hydrogen-bond acceptors (Lipinski definition) is 2. The molecule has 5 heteroatoms. The van der Waals surface area contributed by atoms with E-state index >= 15 is 0 Å². The largest absolute Gasteiger partial charge is 0.241 e. The summed E-state index contributed by atoms with van der Waals surface area (Å²) in [6, 6.07) is 12.7. The van der Waals surface area contributed by atoms with Crippen LogP contribution in [0.5, 0.6) is 0 Å². The summed E-state index contributed by atoms with van der Waals surface area (Å²) < 4.78 is 27.3. The first-order valence-electron chi connectivity index (χ1n) is 6.66. The molecule has 1 N–H and O–H groups in total. The van der Waals surface area contributed by atoms with Crippen molar-refractivity contribution >= 4 is 32.4 Å². The number of benzene rings is 2. The summed E-state index contributed by atoms with van der Waals surface area (Å²) in [7, 11) is -3.50. The van der Waals surface area contributed by atoms with E-state index < -0.39 is 10.0 Å². The molecule has 1 unspecified atom stereocenters. The van der Waals surface area contributed by atoms with Crippen molar-refractivity contribution in [2.45, 2.75) is 30.0 Å². The summed E-state index contributed by atoms with van der Waals surface area (Å²) in [5, 5.41) is 1.66. The predicted molar refractivity (Wildman–Crippen MR) is 83.7 cm³/mol. The van der Waals surface area contributed by atoms with Crippen molar-refractivity contribution in [1.82, 2.24) is 4.72 Å². The maximum Gasteiger partial charge on any atom is 0.241 e. The first-order chi connectivity index (χ1) is 9.54. The van der Waals surface area contributed by atoms with Crippen molar-refractivity contribution in [2.24, 2.45) is 0 Å². The normalized spacial score (nSPS) is 13.5. The van der Waals surface area contributed by atoms with Gasteiger partial charge in [0.2, 0.25) is 10.0 Å². The van der Waals surface area contributed by atoms with Crippen molar-refractivity contribution in [1.29, 1.82) is 0 Å². The molecular formula is C15H18ClNO2S. The molecule has 2 aromatic rings. The lowest BCUT2D eigenvalue weighted by atomic mass is 10.1. The van der Waals surface area contributed by atoms with E-state index in [0.717, 1.165) is 17.2 Å². The third-order valence-corrected chi connectivity index (χ3v) is 5.28. The zero-order chi connectivity index (χ0) is 14.6. The zero-order valence-electron chi connectivity index (χ0n) is 11.3. The number of nitrogens with one attached hydrogen (secondary N) is 1. The van der Waals surface area contributed by atoms with Gasteiger partial charge in [-0.2, -0.15) is 0 Å². The molecule has 2 rings (SSSR count). The molecule has 0 saturated heterocycles. The molecule has 1 atom stereocenters. The van der Waals surface area contributed by atoms with E-state index in [9.17, 15) is 8.42 Å². The maximum atomic E-state index is 12.4. The van der Waals surface area contributed by atoms with Gasteiger partial charge in [-0.05, 0) is 24.3 Å². The Labute approximate surface area is 125 Å². The van der Waals surface area contributed by atoms with Crippen LogP contribution in [0.1, 0.15) is 19.8 Å². The van der Waals surface area contributed by atoms with Gasteiger partial charge in [-0.15, -0.1) is 11.6 Å². The summed E-state index contributed by atoms with van der Waals surface area (Å²) in [6.07, 6.45) is 1.46. The van der Waals surface area contributed by atoms with E-state index in [2.05, 4.69) is 4.72 Å². The second-order valence-corrected chi connectivity index (χ2v) is 7.02. The van der Waals surface area contributed by atoms with Gasteiger partial charge in [0, 0.05) is 17.3 Å². The topological polar surface area (TPSA) is 46.2 Å². The van der Waals surface area contributed by atoms with Crippen LogP contribution < -0.4 is 4.72 Å². The summed E-state index contributed by atoms with van der Waals surface area (Å²) >= 11 is 6.00. The van der Waals surface area contributed by atoms with E-state index in [4.69, 9.17) is 11.6 Å². The van der Waals surface area contributed by atoms with E-state index in [-0.39, 0.29) is 5.38 Å². The average molecular weight is 312 g/mol. The highest BCUT2D eigenvalue weighted by atomic mass is 35.5. The number of rotatable bonds is 6. The third-order valence-electron chi connectivity index (χ3n) is 3.23. The minimum Gasteiger partial charge on any atom is -0.211 e. The van der Waals surface area contributed by atoms with Gasteiger partial charge in [-0.25, -0.2) is 13.1 Å². The molecule has 0 bridgehead atoms. The zero-order valence-corrected chi connectivity index (χ0v) is 12.9. The Kier molecular flexibility index (Phi) is 5.02. The van der Waals surface area contributed by atoms with E-state index in [0.29, 0.717) is 17.9 Å². The Bertz CT molecular complexity index is 680. The van der Waals surface area contributed by atoms with E-state index in [1.165, 1.54) is 0 Å². The van der Waals surface area contributed by atoms with E-state index in [1.54, 1.807) is 12.1 Å². The molecule has 0 aliphatic carbocycles. The Morgan fingerprint density at radius 1 is 1.15 bits per heavy atom. The van der Waals surface area contributed by atoms with Gasteiger partial charge in [-0.1, -0.05) is 43.3 Å². The molecule has 3 nitrogen and oxygen atoms in total. The summed E-state index contributed by atoms with van der Waals surface area (Å²) in [5.74, 6) is 0. The Balaban J connectivity index is 2.24. The molecule has 20 heavy (non-hydrogen) atoms. The lowest BCUT2D eigenvalue weighted by molar-refractivity contribution is 0.577. The van der Waals surface area contributed by atoms with Gasteiger partial charge >= 0.3 is 0 Å². The lowest BCUT2D eigenvalue weighted by Crippen LogP contribution is -2.26. The second kappa shape index (κ2) is 6.57. The van der Waals surface area contributed by atoms with Crippen molar-refractivity contribution in [3.63, 3.8) is 0 Å². The fourth-order valence-electron chi connectivity index (χ4n) is 2.06. The molecule has 0 saturated carbocycles. The van der Waals surface area contributed by atoms with Crippen LogP contribution >= 0.6 is 11.6 Å². The molecule has 0 amide bonds. The SMILES string of the molecule is CCC(Cl)CCNS(=O)(=O)c1cccc2ccccc12. The number of hydrogen-bond donors (Lipinski definition) is 1. The van der Waals surface area contributed by atoms with Gasteiger partial charge in [0.15, 0.2) is 0 Å². The van der Waals surface area contributed by atoms with Crippen LogP contribution in [0.2, 0.25) is 0 Å². The molecule has 0 aliphatic heterocycles. The van der Waals surface area contributed by atoms with Crippen LogP contribution in [0.4, 0.5) is 0 Å². The molecule has 0 aliphatic rings.